The molecule has 3 aromatic rings. The number of nitrogens with zero attached hydrogens (tertiary/aromatic N) is 2. The van der Waals surface area contributed by atoms with Crippen molar-refractivity contribution in [2.45, 2.75) is 6.92 Å². The van der Waals surface area contributed by atoms with E-state index in [0.29, 0.717) is 22.8 Å². The van der Waals surface area contributed by atoms with Crippen LogP contribution in [0.1, 0.15) is 5.69 Å². The zero-order valence-electron chi connectivity index (χ0n) is 9.64. The summed E-state index contributed by atoms with van der Waals surface area (Å²) in [4.78, 5) is 8.68. The standard InChI is InChI=1S/C13H10BrN3O/c1-7-5-6-10-12(16-7)17-13(18-10)8-3-2-4-9(14)11(8)15/h2-6H,15H2,1H3. The number of nitrogen functional groups attached to an aromatic ring is 1. The molecular formula is C13H10BrN3O. The molecule has 0 fully saturated rings. The van der Waals surface area contributed by atoms with E-state index in [1.807, 2.05) is 37.3 Å². The van der Waals surface area contributed by atoms with Gasteiger partial charge < -0.3 is 10.2 Å². The Balaban J connectivity index is 2.22. The van der Waals surface area contributed by atoms with Crippen LogP contribution in [0.5, 0.6) is 0 Å². The highest BCUT2D eigenvalue weighted by Crippen LogP contribution is 2.32. The number of pyridine rings is 1. The van der Waals surface area contributed by atoms with Crippen LogP contribution in [0.2, 0.25) is 0 Å². The molecule has 0 amide bonds. The fourth-order valence-electron chi connectivity index (χ4n) is 1.75. The van der Waals surface area contributed by atoms with Gasteiger partial charge in [0.2, 0.25) is 5.89 Å². The number of fused-ring (bicyclic) bond motifs is 1. The molecule has 0 unspecified atom stereocenters. The molecule has 0 spiro atoms. The SMILES string of the molecule is Cc1ccc2oc(-c3cccc(Br)c3N)nc2n1. The van der Waals surface area contributed by atoms with Gasteiger partial charge >= 0.3 is 0 Å². The zero-order chi connectivity index (χ0) is 12.7. The second kappa shape index (κ2) is 4.10. The van der Waals surface area contributed by atoms with Crippen molar-refractivity contribution in [2.75, 3.05) is 5.73 Å². The first-order chi connectivity index (χ1) is 8.65. The molecule has 1 aromatic carbocycles. The number of aryl methyl sites for hydroxylation is 1. The molecule has 0 saturated carbocycles. The molecule has 0 saturated heterocycles. The smallest absolute Gasteiger partial charge is 0.231 e. The predicted molar refractivity (Wildman–Crippen MR) is 74.1 cm³/mol. The van der Waals surface area contributed by atoms with Crippen LogP contribution >= 0.6 is 15.9 Å². The monoisotopic (exact) mass is 303 g/mol. The third-order valence-corrected chi connectivity index (χ3v) is 3.37. The van der Waals surface area contributed by atoms with Crippen molar-refractivity contribution in [2.24, 2.45) is 0 Å². The molecule has 0 bridgehead atoms. The summed E-state index contributed by atoms with van der Waals surface area (Å²) in [5, 5.41) is 0. The highest BCUT2D eigenvalue weighted by molar-refractivity contribution is 9.10. The Morgan fingerprint density at radius 3 is 2.83 bits per heavy atom. The largest absolute Gasteiger partial charge is 0.434 e. The number of nitrogens with two attached hydrogens (primary N) is 1. The molecule has 0 aliphatic carbocycles. The zero-order valence-corrected chi connectivity index (χ0v) is 11.2. The van der Waals surface area contributed by atoms with Crippen molar-refractivity contribution in [1.82, 2.24) is 9.97 Å². The van der Waals surface area contributed by atoms with Gasteiger partial charge in [0.15, 0.2) is 11.2 Å². The van der Waals surface area contributed by atoms with Gasteiger partial charge in [-0.25, -0.2) is 4.98 Å². The van der Waals surface area contributed by atoms with Gasteiger partial charge in [-0.15, -0.1) is 0 Å². The third-order valence-electron chi connectivity index (χ3n) is 2.68. The summed E-state index contributed by atoms with van der Waals surface area (Å²) in [5.41, 5.74) is 9.55. The molecule has 2 N–H and O–H groups in total. The highest BCUT2D eigenvalue weighted by atomic mass is 79.9. The number of rotatable bonds is 1. The van der Waals surface area contributed by atoms with E-state index in [0.717, 1.165) is 15.7 Å². The fourth-order valence-corrected chi connectivity index (χ4v) is 2.12. The molecule has 0 aliphatic rings. The lowest BCUT2D eigenvalue weighted by Crippen LogP contribution is -1.91. The van der Waals surface area contributed by atoms with Crippen LogP contribution in [0.25, 0.3) is 22.7 Å². The van der Waals surface area contributed by atoms with E-state index in [2.05, 4.69) is 25.9 Å². The normalized spacial score (nSPS) is 11.0. The number of anilines is 1. The van der Waals surface area contributed by atoms with Crippen LogP contribution in [-0.4, -0.2) is 9.97 Å². The van der Waals surface area contributed by atoms with E-state index in [1.165, 1.54) is 0 Å². The molecule has 4 nitrogen and oxygen atoms in total. The van der Waals surface area contributed by atoms with E-state index in [1.54, 1.807) is 0 Å². The molecule has 0 atom stereocenters. The Bertz CT molecular complexity index is 736. The van der Waals surface area contributed by atoms with Crippen molar-refractivity contribution in [3.8, 4) is 11.5 Å². The van der Waals surface area contributed by atoms with Crippen LogP contribution in [0.4, 0.5) is 5.69 Å². The number of halogens is 1. The van der Waals surface area contributed by atoms with E-state index >= 15 is 0 Å². The van der Waals surface area contributed by atoms with Gasteiger partial charge in [0.1, 0.15) is 0 Å². The van der Waals surface area contributed by atoms with Crippen LogP contribution in [0, 0.1) is 6.92 Å². The third kappa shape index (κ3) is 1.76. The minimum absolute atomic E-state index is 0.488. The molecule has 5 heteroatoms. The average Bonchev–Trinajstić information content (AvgIpc) is 2.75. The maximum absolute atomic E-state index is 6.00. The summed E-state index contributed by atoms with van der Waals surface area (Å²) in [6.07, 6.45) is 0. The van der Waals surface area contributed by atoms with Gasteiger partial charge in [0, 0.05) is 10.2 Å². The topological polar surface area (TPSA) is 64.9 Å². The van der Waals surface area contributed by atoms with E-state index in [9.17, 15) is 0 Å². The number of benzene rings is 1. The van der Waals surface area contributed by atoms with Crippen molar-refractivity contribution >= 4 is 32.8 Å². The second-order valence-corrected chi connectivity index (χ2v) is 4.85. The summed E-state index contributed by atoms with van der Waals surface area (Å²) in [6.45, 7) is 1.92. The lowest BCUT2D eigenvalue weighted by atomic mass is 10.2. The molecular weight excluding hydrogens is 294 g/mol. The Hall–Kier alpha value is -1.88. The number of oxazole rings is 1. The summed E-state index contributed by atoms with van der Waals surface area (Å²) in [7, 11) is 0. The minimum Gasteiger partial charge on any atom is -0.434 e. The maximum Gasteiger partial charge on any atom is 0.231 e. The second-order valence-electron chi connectivity index (χ2n) is 3.99. The molecule has 0 radical (unpaired) electrons. The molecule has 2 aromatic heterocycles. The van der Waals surface area contributed by atoms with E-state index in [4.69, 9.17) is 10.2 Å². The van der Waals surface area contributed by atoms with Crippen molar-refractivity contribution in [1.29, 1.82) is 0 Å². The minimum atomic E-state index is 0.488. The highest BCUT2D eigenvalue weighted by Gasteiger charge is 2.13. The Morgan fingerprint density at radius 2 is 2.00 bits per heavy atom. The Morgan fingerprint density at radius 1 is 1.17 bits per heavy atom. The van der Waals surface area contributed by atoms with Gasteiger partial charge in [-0.2, -0.15) is 4.98 Å². The van der Waals surface area contributed by atoms with Crippen molar-refractivity contribution in [3.05, 3.63) is 40.5 Å². The van der Waals surface area contributed by atoms with Gasteiger partial charge in [-0.1, -0.05) is 6.07 Å². The van der Waals surface area contributed by atoms with Gasteiger partial charge in [0.05, 0.1) is 11.3 Å². The van der Waals surface area contributed by atoms with Crippen LogP contribution in [0.15, 0.2) is 39.2 Å². The number of hydrogen-bond donors (Lipinski definition) is 1. The lowest BCUT2D eigenvalue weighted by molar-refractivity contribution is 0.620. The molecule has 0 aliphatic heterocycles. The summed E-state index contributed by atoms with van der Waals surface area (Å²) in [6, 6.07) is 9.40. The van der Waals surface area contributed by atoms with Gasteiger partial charge in [-0.05, 0) is 47.1 Å². The first-order valence-electron chi connectivity index (χ1n) is 5.44. The summed E-state index contributed by atoms with van der Waals surface area (Å²) >= 11 is 3.39. The summed E-state index contributed by atoms with van der Waals surface area (Å²) < 4.78 is 6.50. The van der Waals surface area contributed by atoms with Crippen LogP contribution < -0.4 is 5.73 Å². The Kier molecular flexibility index (Phi) is 2.56. The predicted octanol–water partition coefficient (Wildman–Crippen LogP) is 3.54. The maximum atomic E-state index is 6.00. The van der Waals surface area contributed by atoms with Gasteiger partial charge in [-0.3, -0.25) is 0 Å². The molecule has 90 valence electrons. The number of aromatic nitrogens is 2. The molecule has 3 rings (SSSR count). The van der Waals surface area contributed by atoms with E-state index < -0.39 is 0 Å². The molecule has 18 heavy (non-hydrogen) atoms. The van der Waals surface area contributed by atoms with Crippen molar-refractivity contribution < 1.29 is 4.42 Å². The van der Waals surface area contributed by atoms with E-state index in [-0.39, 0.29) is 0 Å². The first-order valence-corrected chi connectivity index (χ1v) is 6.23. The van der Waals surface area contributed by atoms with Crippen LogP contribution in [0.3, 0.4) is 0 Å². The summed E-state index contributed by atoms with van der Waals surface area (Å²) in [5.74, 6) is 0.488. The molecule has 2 heterocycles. The van der Waals surface area contributed by atoms with Crippen LogP contribution in [-0.2, 0) is 0 Å². The number of para-hydroxylation sites is 1. The number of hydrogen-bond acceptors (Lipinski definition) is 4. The van der Waals surface area contributed by atoms with Gasteiger partial charge in [0.25, 0.3) is 0 Å². The quantitative estimate of drug-likeness (QED) is 0.698. The first kappa shape index (κ1) is 11.2. The van der Waals surface area contributed by atoms with Crippen molar-refractivity contribution in [3.63, 3.8) is 0 Å². The lowest BCUT2D eigenvalue weighted by Gasteiger charge is -2.02. The fraction of sp³-hybridized carbons (Fsp3) is 0.0769. The average molecular weight is 304 g/mol. The Labute approximate surface area is 112 Å².